The number of hydrogen-bond donors (Lipinski definition) is 2. The van der Waals surface area contributed by atoms with Crippen LogP contribution >= 0.6 is 0 Å². The molecule has 2 N–H and O–H groups in total. The highest BCUT2D eigenvalue weighted by Gasteiger charge is 2.35. The number of aromatic amines is 1. The van der Waals surface area contributed by atoms with Crippen LogP contribution in [0, 0.1) is 13.8 Å². The van der Waals surface area contributed by atoms with Gasteiger partial charge in [-0.2, -0.15) is 0 Å². The molecule has 3 aromatic carbocycles. The molecular weight excluding hydrogens is 426 g/mol. The van der Waals surface area contributed by atoms with Gasteiger partial charge in [-0.25, -0.2) is 4.79 Å². The lowest BCUT2D eigenvalue weighted by atomic mass is 9.92. The summed E-state index contributed by atoms with van der Waals surface area (Å²) < 4.78 is 10.9. The molecule has 1 atom stereocenters. The molecule has 0 fully saturated rings. The minimum atomic E-state index is -0.237. The largest absolute Gasteiger partial charge is 0.497 e. The Morgan fingerprint density at radius 3 is 2.47 bits per heavy atom. The van der Waals surface area contributed by atoms with Crippen LogP contribution in [0.25, 0.3) is 10.9 Å². The average Bonchev–Trinajstić information content (AvgIpc) is 3.22. The van der Waals surface area contributed by atoms with E-state index in [0.29, 0.717) is 18.0 Å². The van der Waals surface area contributed by atoms with E-state index >= 15 is 0 Å². The number of fused-ring (bicyclic) bond motifs is 3. The van der Waals surface area contributed by atoms with Gasteiger partial charge in [0.05, 0.1) is 25.9 Å². The standard InChI is InChI=1S/C28H29N3O3/c1-17-5-8-19(9-6-17)27-26-21(22-16-20(33-3)10-11-23(22)29-26)13-14-31(27)28(32)30-24-15-18(2)7-12-25(24)34-4/h5-12,15-16,27,29H,13-14H2,1-4H3,(H,30,32)/t27-/m0/s1. The van der Waals surface area contributed by atoms with Crippen molar-refractivity contribution in [3.63, 3.8) is 0 Å². The van der Waals surface area contributed by atoms with Crippen LogP contribution in [0.5, 0.6) is 11.5 Å². The zero-order valence-corrected chi connectivity index (χ0v) is 19.9. The second kappa shape index (κ2) is 8.78. The molecule has 34 heavy (non-hydrogen) atoms. The molecule has 2 amide bonds. The number of hydrogen-bond acceptors (Lipinski definition) is 3. The fraction of sp³-hybridized carbons (Fsp3) is 0.250. The van der Waals surface area contributed by atoms with Gasteiger partial charge in [0.15, 0.2) is 0 Å². The molecule has 2 heterocycles. The number of aryl methyl sites for hydroxylation is 2. The predicted octanol–water partition coefficient (Wildman–Crippen LogP) is 5.98. The summed E-state index contributed by atoms with van der Waals surface area (Å²) in [7, 11) is 3.29. The SMILES string of the molecule is COc1ccc2[nH]c3c(c2c1)CCN(C(=O)Nc1cc(C)ccc1OC)[C@H]3c1ccc(C)cc1. The van der Waals surface area contributed by atoms with E-state index in [1.54, 1.807) is 14.2 Å². The van der Waals surface area contributed by atoms with Crippen LogP contribution in [-0.2, 0) is 6.42 Å². The Hall–Kier alpha value is -3.93. The number of nitrogens with one attached hydrogen (secondary N) is 2. The Morgan fingerprint density at radius 2 is 1.74 bits per heavy atom. The Morgan fingerprint density at radius 1 is 0.971 bits per heavy atom. The zero-order chi connectivity index (χ0) is 23.8. The minimum Gasteiger partial charge on any atom is -0.497 e. The Labute approximate surface area is 199 Å². The Bertz CT molecular complexity index is 1360. The molecule has 6 nitrogen and oxygen atoms in total. The van der Waals surface area contributed by atoms with E-state index < -0.39 is 0 Å². The third-order valence-electron chi connectivity index (χ3n) is 6.58. The molecule has 0 bridgehead atoms. The summed E-state index contributed by atoms with van der Waals surface area (Å²) in [5.41, 5.74) is 7.30. The van der Waals surface area contributed by atoms with Crippen LogP contribution in [0.15, 0.2) is 60.7 Å². The number of nitrogens with zero attached hydrogens (tertiary/aromatic N) is 1. The predicted molar refractivity (Wildman–Crippen MR) is 135 cm³/mol. The van der Waals surface area contributed by atoms with Crippen molar-refractivity contribution in [1.82, 2.24) is 9.88 Å². The van der Waals surface area contributed by atoms with Gasteiger partial charge in [0.1, 0.15) is 11.5 Å². The van der Waals surface area contributed by atoms with Crippen molar-refractivity contribution >= 4 is 22.6 Å². The summed E-state index contributed by atoms with van der Waals surface area (Å²) >= 11 is 0. The first-order valence-corrected chi connectivity index (χ1v) is 11.5. The molecule has 6 heteroatoms. The number of carbonyl (C=O) groups is 1. The van der Waals surface area contributed by atoms with Gasteiger partial charge >= 0.3 is 6.03 Å². The first-order chi connectivity index (χ1) is 16.5. The smallest absolute Gasteiger partial charge is 0.322 e. The first-order valence-electron chi connectivity index (χ1n) is 11.5. The summed E-state index contributed by atoms with van der Waals surface area (Å²) in [4.78, 5) is 19.2. The molecule has 1 aromatic heterocycles. The van der Waals surface area contributed by atoms with Gasteiger partial charge in [0.25, 0.3) is 0 Å². The number of amides is 2. The van der Waals surface area contributed by atoms with Gasteiger partial charge in [0, 0.05) is 23.1 Å². The molecule has 5 rings (SSSR count). The lowest BCUT2D eigenvalue weighted by molar-refractivity contribution is 0.193. The van der Waals surface area contributed by atoms with E-state index in [9.17, 15) is 4.79 Å². The maximum atomic E-state index is 13.6. The van der Waals surface area contributed by atoms with Crippen molar-refractivity contribution in [2.24, 2.45) is 0 Å². The third-order valence-corrected chi connectivity index (χ3v) is 6.58. The Kier molecular flexibility index (Phi) is 5.65. The molecule has 0 saturated heterocycles. The number of rotatable bonds is 4. The van der Waals surface area contributed by atoms with E-state index in [2.05, 4.69) is 47.6 Å². The van der Waals surface area contributed by atoms with Crippen LogP contribution in [-0.4, -0.2) is 36.7 Å². The van der Waals surface area contributed by atoms with Gasteiger partial charge in [-0.1, -0.05) is 35.9 Å². The molecule has 0 unspecified atom stereocenters. The van der Waals surface area contributed by atoms with Crippen LogP contribution in [0.3, 0.4) is 0 Å². The lowest BCUT2D eigenvalue weighted by Crippen LogP contribution is -2.43. The van der Waals surface area contributed by atoms with Gasteiger partial charge in [0.2, 0.25) is 0 Å². The summed E-state index contributed by atoms with van der Waals surface area (Å²) in [5, 5.41) is 4.24. The number of anilines is 1. The summed E-state index contributed by atoms with van der Waals surface area (Å²) in [5.74, 6) is 1.47. The molecule has 1 aliphatic rings. The quantitative estimate of drug-likeness (QED) is 0.398. The molecule has 0 radical (unpaired) electrons. The number of ether oxygens (including phenoxy) is 2. The molecule has 0 aliphatic carbocycles. The van der Waals surface area contributed by atoms with Crippen LogP contribution in [0.4, 0.5) is 10.5 Å². The van der Waals surface area contributed by atoms with Crippen LogP contribution in [0.2, 0.25) is 0 Å². The van der Waals surface area contributed by atoms with Crippen LogP contribution < -0.4 is 14.8 Å². The highest BCUT2D eigenvalue weighted by Crippen LogP contribution is 2.40. The van der Waals surface area contributed by atoms with E-state index in [1.807, 2.05) is 42.2 Å². The summed E-state index contributed by atoms with van der Waals surface area (Å²) in [6.07, 6.45) is 0.753. The van der Waals surface area contributed by atoms with Crippen molar-refractivity contribution in [1.29, 1.82) is 0 Å². The lowest BCUT2D eigenvalue weighted by Gasteiger charge is -2.36. The molecule has 4 aromatic rings. The maximum absolute atomic E-state index is 13.6. The van der Waals surface area contributed by atoms with Crippen molar-refractivity contribution < 1.29 is 14.3 Å². The molecule has 0 saturated carbocycles. The second-order valence-electron chi connectivity index (χ2n) is 8.82. The Balaban J connectivity index is 1.58. The summed E-state index contributed by atoms with van der Waals surface area (Å²) in [6.45, 7) is 4.66. The molecule has 1 aliphatic heterocycles. The van der Waals surface area contributed by atoms with E-state index in [-0.39, 0.29) is 12.1 Å². The van der Waals surface area contributed by atoms with Crippen molar-refractivity contribution in [2.45, 2.75) is 26.3 Å². The van der Waals surface area contributed by atoms with Gasteiger partial charge < -0.3 is 24.7 Å². The normalized spacial score (nSPS) is 15.2. The molecule has 174 valence electrons. The fourth-order valence-corrected chi connectivity index (χ4v) is 4.82. The number of aromatic nitrogens is 1. The number of urea groups is 1. The van der Waals surface area contributed by atoms with Crippen molar-refractivity contribution in [3.05, 3.63) is 88.6 Å². The van der Waals surface area contributed by atoms with Gasteiger partial charge in [-0.05, 0) is 67.3 Å². The topological polar surface area (TPSA) is 66.6 Å². The number of H-pyrrole nitrogens is 1. The fourth-order valence-electron chi connectivity index (χ4n) is 4.82. The molecular formula is C28H29N3O3. The highest BCUT2D eigenvalue weighted by molar-refractivity contribution is 5.93. The average molecular weight is 456 g/mol. The number of methoxy groups -OCH3 is 2. The van der Waals surface area contributed by atoms with E-state index in [4.69, 9.17) is 9.47 Å². The monoisotopic (exact) mass is 455 g/mol. The van der Waals surface area contributed by atoms with Crippen molar-refractivity contribution in [3.8, 4) is 11.5 Å². The van der Waals surface area contributed by atoms with Gasteiger partial charge in [-0.15, -0.1) is 0 Å². The first kappa shape index (κ1) is 21.9. The number of benzene rings is 3. The van der Waals surface area contributed by atoms with Crippen molar-refractivity contribution in [2.75, 3.05) is 26.1 Å². The minimum absolute atomic E-state index is 0.156. The third kappa shape index (κ3) is 3.85. The zero-order valence-electron chi connectivity index (χ0n) is 19.9. The highest BCUT2D eigenvalue weighted by atomic mass is 16.5. The van der Waals surface area contributed by atoms with Crippen LogP contribution in [0.1, 0.15) is 34.0 Å². The van der Waals surface area contributed by atoms with Gasteiger partial charge in [-0.3, -0.25) is 0 Å². The maximum Gasteiger partial charge on any atom is 0.322 e. The second-order valence-corrected chi connectivity index (χ2v) is 8.82. The molecule has 0 spiro atoms. The van der Waals surface area contributed by atoms with E-state index in [1.165, 1.54) is 11.1 Å². The van der Waals surface area contributed by atoms with E-state index in [0.717, 1.165) is 39.9 Å². The number of carbonyl (C=O) groups excluding carboxylic acids is 1. The summed E-state index contributed by atoms with van der Waals surface area (Å²) in [6, 6.07) is 19.9.